The van der Waals surface area contributed by atoms with E-state index in [-0.39, 0.29) is 0 Å². The van der Waals surface area contributed by atoms with Gasteiger partial charge in [-0.25, -0.2) is 0 Å². The summed E-state index contributed by atoms with van der Waals surface area (Å²) in [5.41, 5.74) is 1.57. The van der Waals surface area contributed by atoms with Crippen LogP contribution in [-0.2, 0) is 0 Å². The normalized spacial score (nSPS) is 10.5. The Labute approximate surface area is 122 Å². The summed E-state index contributed by atoms with van der Waals surface area (Å²) >= 11 is 20.1. The van der Waals surface area contributed by atoms with Crippen molar-refractivity contribution < 1.29 is 0 Å². The maximum Gasteiger partial charge on any atom is 0.0785 e. The molecule has 0 saturated heterocycles. The van der Waals surface area contributed by atoms with Gasteiger partial charge >= 0.3 is 0 Å². The average molecular weight is 384 g/mol. The molecule has 0 unspecified atom stereocenters. The van der Waals surface area contributed by atoms with Gasteiger partial charge in [0.2, 0.25) is 0 Å². The molecule has 5 heteroatoms. The van der Waals surface area contributed by atoms with Gasteiger partial charge in [0.05, 0.1) is 20.8 Å². The quantitative estimate of drug-likeness (QED) is 0.479. The highest BCUT2D eigenvalue weighted by atomic mass is 127. The van der Waals surface area contributed by atoms with Gasteiger partial charge in [-0.15, -0.1) is 0 Å². The predicted molar refractivity (Wildman–Crippen MR) is 77.4 cm³/mol. The van der Waals surface area contributed by atoms with E-state index in [0.29, 0.717) is 15.1 Å². The first-order valence-electron chi connectivity index (χ1n) is 4.35. The topological polar surface area (TPSA) is 12.9 Å². The van der Waals surface area contributed by atoms with Crippen molar-refractivity contribution in [2.75, 3.05) is 0 Å². The smallest absolute Gasteiger partial charge is 0.0785 e. The van der Waals surface area contributed by atoms with Crippen LogP contribution in [0.1, 0.15) is 0 Å². The van der Waals surface area contributed by atoms with Crippen LogP contribution in [0.3, 0.4) is 0 Å². The highest BCUT2D eigenvalue weighted by Gasteiger charge is 2.10. The fourth-order valence-electron chi connectivity index (χ4n) is 1.26. The van der Waals surface area contributed by atoms with Crippen LogP contribution in [0.25, 0.3) is 11.3 Å². The van der Waals surface area contributed by atoms with E-state index >= 15 is 0 Å². The number of benzene rings is 1. The summed E-state index contributed by atoms with van der Waals surface area (Å²) in [6, 6.07) is 7.38. The molecule has 1 aromatic carbocycles. The van der Waals surface area contributed by atoms with Gasteiger partial charge in [0.25, 0.3) is 0 Å². The maximum atomic E-state index is 6.11. The van der Waals surface area contributed by atoms with E-state index in [4.69, 9.17) is 34.8 Å². The van der Waals surface area contributed by atoms with Crippen molar-refractivity contribution in [3.8, 4) is 11.3 Å². The number of hydrogen-bond acceptors (Lipinski definition) is 1. The fourth-order valence-corrected chi connectivity index (χ4v) is 2.21. The lowest BCUT2D eigenvalue weighted by Crippen LogP contribution is -1.86. The van der Waals surface area contributed by atoms with Crippen molar-refractivity contribution in [1.29, 1.82) is 0 Å². The lowest BCUT2D eigenvalue weighted by Gasteiger charge is -2.06. The first kappa shape index (κ1) is 12.4. The third-order valence-electron chi connectivity index (χ3n) is 2.04. The van der Waals surface area contributed by atoms with Gasteiger partial charge in [0.15, 0.2) is 0 Å². The van der Waals surface area contributed by atoms with Gasteiger partial charge in [0, 0.05) is 15.3 Å². The number of pyridine rings is 1. The number of halogens is 4. The Morgan fingerprint density at radius 1 is 0.938 bits per heavy atom. The molecule has 0 atom stereocenters. The van der Waals surface area contributed by atoms with Gasteiger partial charge in [0.1, 0.15) is 0 Å². The summed E-state index contributed by atoms with van der Waals surface area (Å²) in [6.45, 7) is 0. The molecule has 2 aromatic rings. The first-order chi connectivity index (χ1) is 7.59. The molecule has 0 aliphatic rings. The fraction of sp³-hybridized carbons (Fsp3) is 0. The van der Waals surface area contributed by atoms with E-state index in [1.54, 1.807) is 12.3 Å². The molecule has 0 bridgehead atoms. The van der Waals surface area contributed by atoms with Crippen molar-refractivity contribution in [3.63, 3.8) is 0 Å². The second-order valence-corrected chi connectivity index (χ2v) is 5.49. The molecule has 0 fully saturated rings. The molecule has 1 heterocycles. The Morgan fingerprint density at radius 2 is 1.69 bits per heavy atom. The Kier molecular flexibility index (Phi) is 3.95. The van der Waals surface area contributed by atoms with E-state index < -0.39 is 0 Å². The minimum atomic E-state index is 0.362. The molecular weight excluding hydrogens is 379 g/mol. The van der Waals surface area contributed by atoms with Crippen molar-refractivity contribution in [3.05, 3.63) is 49.1 Å². The Balaban J connectivity index is 2.57. The zero-order valence-corrected chi connectivity index (χ0v) is 12.3. The van der Waals surface area contributed by atoms with Crippen LogP contribution in [0, 0.1) is 3.57 Å². The molecule has 16 heavy (non-hydrogen) atoms. The zero-order valence-electron chi connectivity index (χ0n) is 7.85. The van der Waals surface area contributed by atoms with Gasteiger partial charge in [-0.2, -0.15) is 0 Å². The lowest BCUT2D eigenvalue weighted by atomic mass is 10.1. The van der Waals surface area contributed by atoms with Crippen molar-refractivity contribution in [1.82, 2.24) is 4.98 Å². The molecule has 0 spiro atoms. The van der Waals surface area contributed by atoms with Crippen molar-refractivity contribution in [2.45, 2.75) is 0 Å². The van der Waals surface area contributed by atoms with Crippen LogP contribution < -0.4 is 0 Å². The second-order valence-electron chi connectivity index (χ2n) is 3.08. The summed E-state index contributed by atoms with van der Waals surface area (Å²) in [5, 5.41) is 1.24. The van der Waals surface area contributed by atoms with Crippen LogP contribution in [0.15, 0.2) is 30.5 Å². The van der Waals surface area contributed by atoms with E-state index in [2.05, 4.69) is 27.6 Å². The third-order valence-corrected chi connectivity index (χ3v) is 3.97. The molecule has 0 saturated carbocycles. The molecule has 0 amide bonds. The van der Waals surface area contributed by atoms with Crippen molar-refractivity contribution in [2.24, 2.45) is 0 Å². The van der Waals surface area contributed by atoms with E-state index in [0.717, 1.165) is 14.8 Å². The second kappa shape index (κ2) is 5.08. The molecule has 0 aliphatic carbocycles. The van der Waals surface area contributed by atoms with Crippen LogP contribution in [0.5, 0.6) is 0 Å². The molecule has 1 nitrogen and oxygen atoms in total. The standard InChI is InChI=1S/C11H5Cl3IN/c12-8-3-2-7(10(13)11(8)14)9-4-1-6(15)5-16-9/h1-5H. The monoisotopic (exact) mass is 383 g/mol. The summed E-state index contributed by atoms with van der Waals surface area (Å²) < 4.78 is 1.07. The summed E-state index contributed by atoms with van der Waals surface area (Å²) in [7, 11) is 0. The third kappa shape index (κ3) is 2.45. The molecule has 0 N–H and O–H groups in total. The molecule has 82 valence electrons. The minimum absolute atomic E-state index is 0.362. The van der Waals surface area contributed by atoms with E-state index in [1.807, 2.05) is 18.2 Å². The predicted octanol–water partition coefficient (Wildman–Crippen LogP) is 5.31. The van der Waals surface area contributed by atoms with Crippen LogP contribution in [0.2, 0.25) is 15.1 Å². The molecular formula is C11H5Cl3IN. The van der Waals surface area contributed by atoms with E-state index in [1.165, 1.54) is 0 Å². The molecule has 0 aliphatic heterocycles. The van der Waals surface area contributed by atoms with Crippen LogP contribution in [-0.4, -0.2) is 4.98 Å². The maximum absolute atomic E-state index is 6.11. The average Bonchev–Trinajstić information content (AvgIpc) is 2.28. The van der Waals surface area contributed by atoms with Crippen LogP contribution >= 0.6 is 57.4 Å². The first-order valence-corrected chi connectivity index (χ1v) is 6.56. The van der Waals surface area contributed by atoms with Gasteiger partial charge in [-0.05, 0) is 46.9 Å². The SMILES string of the molecule is Clc1ccc(-c2ccc(I)cn2)c(Cl)c1Cl. The molecule has 1 aromatic heterocycles. The summed E-state index contributed by atoms with van der Waals surface area (Å²) in [6.07, 6.45) is 1.77. The Morgan fingerprint density at radius 3 is 2.31 bits per heavy atom. The number of hydrogen-bond donors (Lipinski definition) is 0. The molecule has 2 rings (SSSR count). The summed E-state index contributed by atoms with van der Waals surface area (Å²) in [5.74, 6) is 0. The number of rotatable bonds is 1. The highest BCUT2D eigenvalue weighted by molar-refractivity contribution is 14.1. The van der Waals surface area contributed by atoms with Gasteiger partial charge in [-0.1, -0.05) is 34.8 Å². The Hall–Kier alpha value is -0.0300. The number of aromatic nitrogens is 1. The van der Waals surface area contributed by atoms with Crippen molar-refractivity contribution >= 4 is 57.4 Å². The summed E-state index contributed by atoms with van der Waals surface area (Å²) in [4.78, 5) is 4.29. The number of nitrogens with zero attached hydrogens (tertiary/aromatic N) is 1. The molecule has 0 radical (unpaired) electrons. The lowest BCUT2D eigenvalue weighted by molar-refractivity contribution is 1.31. The zero-order chi connectivity index (χ0) is 11.7. The van der Waals surface area contributed by atoms with E-state index in [9.17, 15) is 0 Å². The van der Waals surface area contributed by atoms with Gasteiger partial charge < -0.3 is 0 Å². The minimum Gasteiger partial charge on any atom is -0.255 e. The largest absolute Gasteiger partial charge is 0.255 e. The van der Waals surface area contributed by atoms with Gasteiger partial charge in [-0.3, -0.25) is 4.98 Å². The highest BCUT2D eigenvalue weighted by Crippen LogP contribution is 2.37. The Bertz CT molecular complexity index is 525. The van der Waals surface area contributed by atoms with Crippen LogP contribution in [0.4, 0.5) is 0 Å².